The minimum absolute atomic E-state index is 0.0370. The summed E-state index contributed by atoms with van der Waals surface area (Å²) < 4.78 is 6.24. The summed E-state index contributed by atoms with van der Waals surface area (Å²) >= 11 is 3.39. The molecule has 1 heterocycles. The Morgan fingerprint density at radius 1 is 1.53 bits per heavy atom. The first kappa shape index (κ1) is 12.4. The van der Waals surface area contributed by atoms with Gasteiger partial charge >= 0.3 is 6.09 Å². The molecule has 1 fully saturated rings. The number of carbonyl (C=O) groups is 1. The molecular weight excluding hydrogens is 284 g/mol. The van der Waals surface area contributed by atoms with E-state index in [0.717, 1.165) is 23.0 Å². The van der Waals surface area contributed by atoms with E-state index in [1.165, 1.54) is 0 Å². The van der Waals surface area contributed by atoms with Gasteiger partial charge < -0.3 is 10.5 Å². The molecule has 1 aromatic rings. The molecule has 1 saturated heterocycles. The van der Waals surface area contributed by atoms with Gasteiger partial charge in [-0.25, -0.2) is 4.79 Å². The zero-order valence-corrected chi connectivity index (χ0v) is 11.0. The number of hydrogen-bond donors (Lipinski definition) is 1. The van der Waals surface area contributed by atoms with Crippen molar-refractivity contribution in [2.24, 2.45) is 5.73 Å². The monoisotopic (exact) mass is 298 g/mol. The third-order valence-electron chi connectivity index (χ3n) is 2.72. The fourth-order valence-corrected chi connectivity index (χ4v) is 2.26. The Kier molecular flexibility index (Phi) is 4.02. The van der Waals surface area contributed by atoms with Gasteiger partial charge in [0.25, 0.3) is 0 Å². The van der Waals surface area contributed by atoms with Crippen LogP contribution in [-0.2, 0) is 4.74 Å². The first-order valence-corrected chi connectivity index (χ1v) is 6.44. The highest BCUT2D eigenvalue weighted by molar-refractivity contribution is 9.10. The second-order valence-electron chi connectivity index (χ2n) is 4.03. The molecule has 1 aromatic carbocycles. The Hall–Kier alpha value is -1.07. The topological polar surface area (TPSA) is 55.6 Å². The van der Waals surface area contributed by atoms with Crippen molar-refractivity contribution in [1.29, 1.82) is 0 Å². The predicted octanol–water partition coefficient (Wildman–Crippen LogP) is 2.51. The summed E-state index contributed by atoms with van der Waals surface area (Å²) in [6.45, 7) is 1.24. The lowest BCUT2D eigenvalue weighted by molar-refractivity contribution is 0.136. The van der Waals surface area contributed by atoms with E-state index in [0.29, 0.717) is 13.1 Å². The van der Waals surface area contributed by atoms with Crippen molar-refractivity contribution >= 4 is 27.7 Å². The van der Waals surface area contributed by atoms with Gasteiger partial charge in [0.15, 0.2) is 0 Å². The zero-order chi connectivity index (χ0) is 12.3. The van der Waals surface area contributed by atoms with Crippen LogP contribution in [0.25, 0.3) is 0 Å². The summed E-state index contributed by atoms with van der Waals surface area (Å²) in [5.41, 5.74) is 6.31. The summed E-state index contributed by atoms with van der Waals surface area (Å²) in [5, 5.41) is 0. The molecule has 0 aliphatic carbocycles. The van der Waals surface area contributed by atoms with Crippen LogP contribution in [0.4, 0.5) is 10.5 Å². The van der Waals surface area contributed by atoms with Crippen LogP contribution >= 0.6 is 15.9 Å². The molecule has 17 heavy (non-hydrogen) atoms. The molecular formula is C12H15BrN2O2. The van der Waals surface area contributed by atoms with Gasteiger partial charge in [-0.05, 0) is 37.6 Å². The molecule has 1 aliphatic rings. The van der Waals surface area contributed by atoms with Gasteiger partial charge in [0, 0.05) is 10.2 Å². The highest BCUT2D eigenvalue weighted by Gasteiger charge is 2.31. The normalized spacial score (nSPS) is 19.5. The fraction of sp³-hybridized carbons (Fsp3) is 0.417. The maximum absolute atomic E-state index is 11.7. The number of amides is 1. The van der Waals surface area contributed by atoms with Crippen LogP contribution in [0.1, 0.15) is 12.8 Å². The molecule has 1 atom stereocenters. The van der Waals surface area contributed by atoms with Crippen molar-refractivity contribution < 1.29 is 9.53 Å². The first-order chi connectivity index (χ1) is 8.20. The van der Waals surface area contributed by atoms with Gasteiger partial charge in [-0.15, -0.1) is 0 Å². The zero-order valence-electron chi connectivity index (χ0n) is 9.43. The van der Waals surface area contributed by atoms with E-state index in [9.17, 15) is 4.79 Å². The number of ether oxygens (including phenoxy) is 1. The number of rotatable bonds is 4. The maximum atomic E-state index is 11.7. The summed E-state index contributed by atoms with van der Waals surface area (Å²) in [7, 11) is 0. The van der Waals surface area contributed by atoms with Crippen LogP contribution < -0.4 is 10.6 Å². The van der Waals surface area contributed by atoms with Crippen LogP contribution in [-0.4, -0.2) is 25.3 Å². The van der Waals surface area contributed by atoms with Crippen molar-refractivity contribution in [1.82, 2.24) is 0 Å². The SMILES string of the molecule is NCCCC1CN(c2cccc(Br)c2)C(=O)O1. The minimum atomic E-state index is -0.273. The summed E-state index contributed by atoms with van der Waals surface area (Å²) in [4.78, 5) is 13.4. The Morgan fingerprint density at radius 2 is 2.35 bits per heavy atom. The number of cyclic esters (lactones) is 1. The summed E-state index contributed by atoms with van der Waals surface area (Å²) in [6.07, 6.45) is 1.40. The van der Waals surface area contributed by atoms with Crippen LogP contribution in [0.15, 0.2) is 28.7 Å². The molecule has 0 bridgehead atoms. The van der Waals surface area contributed by atoms with E-state index in [2.05, 4.69) is 15.9 Å². The first-order valence-electron chi connectivity index (χ1n) is 5.64. The number of hydrogen-bond acceptors (Lipinski definition) is 3. The number of halogens is 1. The van der Waals surface area contributed by atoms with E-state index in [1.807, 2.05) is 24.3 Å². The van der Waals surface area contributed by atoms with Gasteiger partial charge in [-0.1, -0.05) is 22.0 Å². The van der Waals surface area contributed by atoms with Crippen molar-refractivity contribution in [2.45, 2.75) is 18.9 Å². The Labute approximate surface area is 109 Å². The van der Waals surface area contributed by atoms with E-state index in [-0.39, 0.29) is 12.2 Å². The van der Waals surface area contributed by atoms with Crippen molar-refractivity contribution in [2.75, 3.05) is 18.0 Å². The number of benzene rings is 1. The van der Waals surface area contributed by atoms with E-state index in [4.69, 9.17) is 10.5 Å². The molecule has 92 valence electrons. The molecule has 0 spiro atoms. The van der Waals surface area contributed by atoms with Crippen LogP contribution in [0, 0.1) is 0 Å². The van der Waals surface area contributed by atoms with E-state index < -0.39 is 0 Å². The molecule has 2 rings (SSSR count). The average Bonchev–Trinajstić information content (AvgIpc) is 2.68. The molecule has 0 radical (unpaired) electrons. The van der Waals surface area contributed by atoms with E-state index >= 15 is 0 Å². The quantitative estimate of drug-likeness (QED) is 0.929. The molecule has 2 N–H and O–H groups in total. The molecule has 0 aromatic heterocycles. The van der Waals surface area contributed by atoms with E-state index in [1.54, 1.807) is 4.90 Å². The van der Waals surface area contributed by atoms with Crippen LogP contribution in [0.5, 0.6) is 0 Å². The highest BCUT2D eigenvalue weighted by atomic mass is 79.9. The second kappa shape index (κ2) is 5.51. The Balaban J connectivity index is 2.05. The third kappa shape index (κ3) is 2.98. The van der Waals surface area contributed by atoms with Gasteiger partial charge in [-0.2, -0.15) is 0 Å². The lowest BCUT2D eigenvalue weighted by Gasteiger charge is -2.12. The number of carbonyl (C=O) groups excluding carboxylic acids is 1. The smallest absolute Gasteiger partial charge is 0.414 e. The Bertz CT molecular complexity index is 411. The highest BCUT2D eigenvalue weighted by Crippen LogP contribution is 2.25. The van der Waals surface area contributed by atoms with Crippen molar-refractivity contribution in [3.05, 3.63) is 28.7 Å². The van der Waals surface area contributed by atoms with Crippen LogP contribution in [0.2, 0.25) is 0 Å². The standard InChI is InChI=1S/C12H15BrN2O2/c13-9-3-1-4-10(7-9)15-8-11(5-2-6-14)17-12(15)16/h1,3-4,7,11H,2,5-6,8,14H2. The summed E-state index contributed by atoms with van der Waals surface area (Å²) in [5.74, 6) is 0. The maximum Gasteiger partial charge on any atom is 0.414 e. The molecule has 5 heteroatoms. The van der Waals surface area contributed by atoms with Crippen molar-refractivity contribution in [3.63, 3.8) is 0 Å². The Morgan fingerprint density at radius 3 is 3.06 bits per heavy atom. The molecule has 1 aliphatic heterocycles. The van der Waals surface area contributed by atoms with Crippen molar-refractivity contribution in [3.8, 4) is 0 Å². The average molecular weight is 299 g/mol. The van der Waals surface area contributed by atoms with Gasteiger partial charge in [0.05, 0.1) is 6.54 Å². The number of anilines is 1. The molecule has 1 amide bonds. The molecule has 4 nitrogen and oxygen atoms in total. The molecule has 1 unspecified atom stereocenters. The number of nitrogens with two attached hydrogens (primary N) is 1. The number of nitrogens with zero attached hydrogens (tertiary/aromatic N) is 1. The predicted molar refractivity (Wildman–Crippen MR) is 70.0 cm³/mol. The minimum Gasteiger partial charge on any atom is -0.444 e. The second-order valence-corrected chi connectivity index (χ2v) is 4.94. The van der Waals surface area contributed by atoms with Gasteiger partial charge in [-0.3, -0.25) is 4.90 Å². The lowest BCUT2D eigenvalue weighted by Crippen LogP contribution is -2.24. The third-order valence-corrected chi connectivity index (χ3v) is 3.22. The van der Waals surface area contributed by atoms with Crippen LogP contribution in [0.3, 0.4) is 0 Å². The molecule has 0 saturated carbocycles. The lowest BCUT2D eigenvalue weighted by atomic mass is 10.2. The largest absolute Gasteiger partial charge is 0.444 e. The van der Waals surface area contributed by atoms with Gasteiger partial charge in [0.1, 0.15) is 6.10 Å². The summed E-state index contributed by atoms with van der Waals surface area (Å²) in [6, 6.07) is 7.64. The fourth-order valence-electron chi connectivity index (χ4n) is 1.87. The van der Waals surface area contributed by atoms with Gasteiger partial charge in [0.2, 0.25) is 0 Å².